The number of amides is 1. The molecule has 176 valence electrons. The number of hydrogen-bond acceptors (Lipinski definition) is 7. The molecule has 0 saturated carbocycles. The first kappa shape index (κ1) is 21.2. The van der Waals surface area contributed by atoms with E-state index >= 15 is 0 Å². The maximum atomic E-state index is 13.5. The Labute approximate surface area is 199 Å². The van der Waals surface area contributed by atoms with E-state index in [0.717, 1.165) is 79.0 Å². The van der Waals surface area contributed by atoms with Gasteiger partial charge in [0.15, 0.2) is 5.82 Å². The van der Waals surface area contributed by atoms with Gasteiger partial charge in [-0.2, -0.15) is 0 Å². The minimum absolute atomic E-state index is 0.0210. The highest BCUT2D eigenvalue weighted by atomic mass is 16.2. The van der Waals surface area contributed by atoms with Crippen LogP contribution in [-0.2, 0) is 18.5 Å². The summed E-state index contributed by atoms with van der Waals surface area (Å²) < 4.78 is 2.19. The van der Waals surface area contributed by atoms with Gasteiger partial charge >= 0.3 is 0 Å². The fourth-order valence-corrected chi connectivity index (χ4v) is 5.34. The molecule has 3 aliphatic heterocycles. The maximum Gasteiger partial charge on any atom is 0.260 e. The average molecular weight is 459 g/mol. The van der Waals surface area contributed by atoms with Crippen molar-refractivity contribution >= 4 is 17.5 Å². The topological polar surface area (TPSA) is 83.3 Å². The molecule has 1 saturated heterocycles. The van der Waals surface area contributed by atoms with Gasteiger partial charge in [-0.25, -0.2) is 9.97 Å². The predicted octanol–water partition coefficient (Wildman–Crippen LogP) is 2.64. The first-order valence-corrected chi connectivity index (χ1v) is 12.0. The third-order valence-electron chi connectivity index (χ3n) is 7.47. The van der Waals surface area contributed by atoms with Crippen molar-refractivity contribution in [2.45, 2.75) is 45.7 Å². The number of anilines is 2. The van der Waals surface area contributed by atoms with E-state index in [0.29, 0.717) is 12.4 Å². The Kier molecular flexibility index (Phi) is 4.74. The van der Waals surface area contributed by atoms with Gasteiger partial charge in [-0.15, -0.1) is 10.2 Å². The number of rotatable bonds is 3. The van der Waals surface area contributed by atoms with E-state index in [1.54, 1.807) is 4.90 Å². The number of fused-ring (bicyclic) bond motifs is 2. The van der Waals surface area contributed by atoms with Crippen LogP contribution in [0, 0.1) is 6.92 Å². The molecule has 0 spiro atoms. The number of aromatic nitrogens is 5. The van der Waals surface area contributed by atoms with E-state index in [1.165, 1.54) is 0 Å². The zero-order valence-corrected chi connectivity index (χ0v) is 20.2. The lowest BCUT2D eigenvalue weighted by Gasteiger charge is -2.33. The predicted molar refractivity (Wildman–Crippen MR) is 130 cm³/mol. The number of likely N-dealkylation sites (N-methyl/N-ethyl adjacent to an activating group) is 1. The lowest BCUT2D eigenvalue weighted by atomic mass is 10.0. The minimum atomic E-state index is -0.0476. The van der Waals surface area contributed by atoms with Crippen molar-refractivity contribution in [1.82, 2.24) is 29.6 Å². The summed E-state index contributed by atoms with van der Waals surface area (Å²) in [5.74, 6) is 3.26. The molecular formula is C25H30N8O. The molecule has 1 fully saturated rings. The van der Waals surface area contributed by atoms with Crippen molar-refractivity contribution in [2.75, 3.05) is 43.0 Å². The van der Waals surface area contributed by atoms with E-state index < -0.39 is 0 Å². The monoisotopic (exact) mass is 458 g/mol. The number of carbonyl (C=O) groups is 1. The average Bonchev–Trinajstić information content (AvgIpc) is 3.49. The standard InChI is InChI=1S/C25H30N8O/c1-16-18-15-32(24(34)17(18)14-22(26-16)31-12-10-30(4)11-13-31)20-7-5-6-19(27-20)23-29-28-21-8-9-25(2,3)33(21)23/h5-7,14H,8-13,15H2,1-4H3. The number of piperazine rings is 1. The second-order valence-electron chi connectivity index (χ2n) is 10.2. The molecule has 0 bridgehead atoms. The van der Waals surface area contributed by atoms with Crippen LogP contribution in [0.5, 0.6) is 0 Å². The van der Waals surface area contributed by atoms with Gasteiger partial charge in [0.05, 0.1) is 12.1 Å². The third kappa shape index (κ3) is 3.29. The highest BCUT2D eigenvalue weighted by Crippen LogP contribution is 2.36. The van der Waals surface area contributed by atoms with E-state index in [1.807, 2.05) is 31.2 Å². The van der Waals surface area contributed by atoms with Crippen molar-refractivity contribution in [2.24, 2.45) is 0 Å². The molecule has 0 aromatic carbocycles. The van der Waals surface area contributed by atoms with Gasteiger partial charge in [-0.3, -0.25) is 9.69 Å². The third-order valence-corrected chi connectivity index (χ3v) is 7.47. The number of carbonyl (C=O) groups excluding carboxylic acids is 1. The Bertz CT molecular complexity index is 1290. The van der Waals surface area contributed by atoms with Crippen LogP contribution in [0.15, 0.2) is 24.3 Å². The number of hydrogen-bond donors (Lipinski definition) is 0. The quantitative estimate of drug-likeness (QED) is 0.597. The zero-order valence-electron chi connectivity index (χ0n) is 20.2. The van der Waals surface area contributed by atoms with Crippen molar-refractivity contribution in [3.05, 3.63) is 46.9 Å². The summed E-state index contributed by atoms with van der Waals surface area (Å²) in [5.41, 5.74) is 3.32. The van der Waals surface area contributed by atoms with Crippen LogP contribution in [-0.4, -0.2) is 68.8 Å². The summed E-state index contributed by atoms with van der Waals surface area (Å²) in [6, 6.07) is 7.75. The molecule has 0 atom stereocenters. The Morgan fingerprint density at radius 3 is 2.59 bits per heavy atom. The highest BCUT2D eigenvalue weighted by molar-refractivity contribution is 6.10. The summed E-state index contributed by atoms with van der Waals surface area (Å²) >= 11 is 0. The fraction of sp³-hybridized carbons (Fsp3) is 0.480. The summed E-state index contributed by atoms with van der Waals surface area (Å²) in [4.78, 5) is 29.6. The van der Waals surface area contributed by atoms with Crippen molar-refractivity contribution < 1.29 is 4.79 Å². The SMILES string of the molecule is Cc1nc(N2CCN(C)CC2)cc2c1CN(c1cccc(-c3nnc4n3C(C)(C)CC4)n1)C2=O. The summed E-state index contributed by atoms with van der Waals surface area (Å²) in [6.45, 7) is 10.7. The molecule has 9 nitrogen and oxygen atoms in total. The number of nitrogens with zero attached hydrogens (tertiary/aromatic N) is 8. The molecule has 1 amide bonds. The highest BCUT2D eigenvalue weighted by Gasteiger charge is 2.35. The Balaban J connectivity index is 1.32. The zero-order chi connectivity index (χ0) is 23.6. The molecule has 3 aromatic heterocycles. The lowest BCUT2D eigenvalue weighted by Crippen LogP contribution is -2.44. The van der Waals surface area contributed by atoms with Gasteiger partial charge in [0, 0.05) is 49.4 Å². The Morgan fingerprint density at radius 1 is 1.00 bits per heavy atom. The van der Waals surface area contributed by atoms with E-state index in [-0.39, 0.29) is 11.4 Å². The summed E-state index contributed by atoms with van der Waals surface area (Å²) in [5, 5.41) is 8.83. The van der Waals surface area contributed by atoms with Crippen LogP contribution >= 0.6 is 0 Å². The second kappa shape index (κ2) is 7.59. The summed E-state index contributed by atoms with van der Waals surface area (Å²) in [7, 11) is 2.13. The van der Waals surface area contributed by atoms with Crippen LogP contribution in [0.4, 0.5) is 11.6 Å². The molecule has 0 unspecified atom stereocenters. The van der Waals surface area contributed by atoms with Crippen LogP contribution in [0.3, 0.4) is 0 Å². The van der Waals surface area contributed by atoms with Crippen molar-refractivity contribution in [3.63, 3.8) is 0 Å². The molecule has 6 rings (SSSR count). The molecule has 6 heterocycles. The maximum absolute atomic E-state index is 13.5. The minimum Gasteiger partial charge on any atom is -0.354 e. The van der Waals surface area contributed by atoms with Gasteiger partial charge in [-0.1, -0.05) is 6.07 Å². The Morgan fingerprint density at radius 2 is 1.79 bits per heavy atom. The van der Waals surface area contributed by atoms with Crippen LogP contribution in [0.1, 0.15) is 47.7 Å². The molecule has 0 radical (unpaired) electrons. The van der Waals surface area contributed by atoms with E-state index in [2.05, 4.69) is 45.5 Å². The van der Waals surface area contributed by atoms with Gasteiger partial charge in [0.2, 0.25) is 0 Å². The smallest absolute Gasteiger partial charge is 0.260 e. The second-order valence-corrected chi connectivity index (χ2v) is 10.2. The lowest BCUT2D eigenvalue weighted by molar-refractivity contribution is 0.0996. The number of pyridine rings is 2. The van der Waals surface area contributed by atoms with Gasteiger partial charge in [0.25, 0.3) is 5.91 Å². The first-order valence-electron chi connectivity index (χ1n) is 12.0. The van der Waals surface area contributed by atoms with Crippen LogP contribution in [0.2, 0.25) is 0 Å². The van der Waals surface area contributed by atoms with Gasteiger partial charge in [0.1, 0.15) is 23.2 Å². The van der Waals surface area contributed by atoms with Crippen LogP contribution in [0.25, 0.3) is 11.5 Å². The van der Waals surface area contributed by atoms with E-state index in [9.17, 15) is 4.79 Å². The van der Waals surface area contributed by atoms with Crippen LogP contribution < -0.4 is 9.80 Å². The molecule has 34 heavy (non-hydrogen) atoms. The van der Waals surface area contributed by atoms with E-state index in [4.69, 9.17) is 9.97 Å². The molecule has 9 heteroatoms. The van der Waals surface area contributed by atoms with Crippen molar-refractivity contribution in [1.29, 1.82) is 0 Å². The van der Waals surface area contributed by atoms with Gasteiger partial charge < -0.3 is 14.4 Å². The molecule has 3 aliphatic rings. The van der Waals surface area contributed by atoms with Gasteiger partial charge in [-0.05, 0) is 52.4 Å². The van der Waals surface area contributed by atoms with Crippen molar-refractivity contribution in [3.8, 4) is 11.5 Å². The molecular weight excluding hydrogens is 428 g/mol. The normalized spacial score (nSPS) is 19.6. The summed E-state index contributed by atoms with van der Waals surface area (Å²) in [6.07, 6.45) is 1.95. The fourth-order valence-electron chi connectivity index (χ4n) is 5.34. The largest absolute Gasteiger partial charge is 0.354 e. The Hall–Kier alpha value is -3.33. The number of aryl methyl sites for hydroxylation is 2. The molecule has 0 aliphatic carbocycles. The molecule has 3 aromatic rings. The molecule has 0 N–H and O–H groups in total. The first-order chi connectivity index (χ1) is 16.3.